The van der Waals surface area contributed by atoms with Gasteiger partial charge in [0.1, 0.15) is 11.9 Å². The second-order valence-corrected chi connectivity index (χ2v) is 7.57. The van der Waals surface area contributed by atoms with E-state index in [-0.39, 0.29) is 0 Å². The van der Waals surface area contributed by atoms with E-state index in [9.17, 15) is 0 Å². The highest BCUT2D eigenvalue weighted by molar-refractivity contribution is 14.1. The second-order valence-electron chi connectivity index (χ2n) is 6.33. The maximum Gasteiger partial charge on any atom is 0.119 e. The molecule has 0 spiro atoms. The summed E-state index contributed by atoms with van der Waals surface area (Å²) in [5.74, 6) is 1.76. The van der Waals surface area contributed by atoms with Crippen molar-refractivity contribution in [1.29, 1.82) is 0 Å². The molecule has 114 valence electrons. The number of halogens is 1. The minimum atomic E-state index is 0.381. The van der Waals surface area contributed by atoms with Crippen LogP contribution in [0.5, 0.6) is 5.75 Å². The highest BCUT2D eigenvalue weighted by Gasteiger charge is 2.35. The first-order valence-electron chi connectivity index (χ1n) is 8.03. The number of rotatable bonds is 3. The summed E-state index contributed by atoms with van der Waals surface area (Å²) in [6, 6.07) is 17.2. The van der Waals surface area contributed by atoms with E-state index in [1.165, 1.54) is 40.6 Å². The fraction of sp³-hybridized carbons (Fsp3) is 0.368. The number of fused-ring (bicyclic) bond motifs is 3. The van der Waals surface area contributed by atoms with Crippen LogP contribution in [0.2, 0.25) is 0 Å². The molecule has 2 aromatic rings. The number of hydrogen-bond acceptors (Lipinski definition) is 2. The summed E-state index contributed by atoms with van der Waals surface area (Å²) in [5.41, 5.74) is 2.51. The van der Waals surface area contributed by atoms with E-state index in [0.29, 0.717) is 6.10 Å². The zero-order valence-corrected chi connectivity index (χ0v) is 14.7. The highest BCUT2D eigenvalue weighted by atomic mass is 127. The van der Waals surface area contributed by atoms with Gasteiger partial charge in [-0.05, 0) is 89.8 Å². The number of piperidine rings is 3. The molecule has 0 radical (unpaired) electrons. The van der Waals surface area contributed by atoms with Gasteiger partial charge in [0.2, 0.25) is 0 Å². The normalized spacial score (nSPS) is 26.9. The molecule has 2 bridgehead atoms. The number of hydrogen-bond donors (Lipinski definition) is 0. The molecular weight excluding hydrogens is 385 g/mol. The molecule has 5 rings (SSSR count). The summed E-state index contributed by atoms with van der Waals surface area (Å²) >= 11 is 2.34. The van der Waals surface area contributed by atoms with E-state index in [0.717, 1.165) is 18.2 Å². The van der Waals surface area contributed by atoms with Gasteiger partial charge in [0.05, 0.1) is 0 Å². The molecule has 2 aromatic carbocycles. The fourth-order valence-corrected chi connectivity index (χ4v) is 3.95. The molecule has 3 fully saturated rings. The van der Waals surface area contributed by atoms with Gasteiger partial charge in [-0.2, -0.15) is 0 Å². The Balaban J connectivity index is 1.46. The third-order valence-electron chi connectivity index (χ3n) is 4.92. The first kappa shape index (κ1) is 14.5. The third-order valence-corrected chi connectivity index (χ3v) is 5.63. The van der Waals surface area contributed by atoms with Gasteiger partial charge in [-0.25, -0.2) is 0 Å². The van der Waals surface area contributed by atoms with Crippen LogP contribution in [0, 0.1) is 9.49 Å². The maximum atomic E-state index is 6.26. The van der Waals surface area contributed by atoms with Crippen LogP contribution in [0.1, 0.15) is 12.8 Å². The van der Waals surface area contributed by atoms with Crippen LogP contribution >= 0.6 is 22.6 Å². The lowest BCUT2D eigenvalue weighted by Crippen LogP contribution is -2.52. The van der Waals surface area contributed by atoms with Crippen molar-refractivity contribution in [3.63, 3.8) is 0 Å². The second kappa shape index (κ2) is 6.20. The predicted octanol–water partition coefficient (Wildman–Crippen LogP) is 4.43. The van der Waals surface area contributed by atoms with Crippen LogP contribution in [-0.4, -0.2) is 30.6 Å². The number of ether oxygens (including phenoxy) is 1. The first-order chi connectivity index (χ1) is 10.8. The summed E-state index contributed by atoms with van der Waals surface area (Å²) < 4.78 is 7.52. The van der Waals surface area contributed by atoms with Crippen LogP contribution in [0.4, 0.5) is 0 Å². The Bertz CT molecular complexity index is 629. The Morgan fingerprint density at radius 3 is 2.00 bits per heavy atom. The van der Waals surface area contributed by atoms with Gasteiger partial charge in [0.15, 0.2) is 0 Å². The molecule has 1 atom stereocenters. The summed E-state index contributed by atoms with van der Waals surface area (Å²) in [7, 11) is 0. The highest BCUT2D eigenvalue weighted by Crippen LogP contribution is 2.31. The Labute approximate surface area is 145 Å². The molecule has 22 heavy (non-hydrogen) atoms. The van der Waals surface area contributed by atoms with E-state index in [1.807, 2.05) is 0 Å². The molecule has 3 heteroatoms. The van der Waals surface area contributed by atoms with Crippen molar-refractivity contribution >= 4 is 22.6 Å². The molecule has 0 N–H and O–H groups in total. The van der Waals surface area contributed by atoms with E-state index in [2.05, 4.69) is 76.0 Å². The van der Waals surface area contributed by atoms with E-state index in [1.54, 1.807) is 0 Å². The monoisotopic (exact) mass is 405 g/mol. The number of nitrogens with zero attached hydrogens (tertiary/aromatic N) is 1. The molecule has 3 aliphatic rings. The maximum absolute atomic E-state index is 6.26. The zero-order chi connectivity index (χ0) is 14.9. The first-order valence-corrected chi connectivity index (χ1v) is 9.11. The average Bonchev–Trinajstić information content (AvgIpc) is 2.58. The Morgan fingerprint density at radius 2 is 1.45 bits per heavy atom. The van der Waals surface area contributed by atoms with Crippen molar-refractivity contribution in [2.24, 2.45) is 5.92 Å². The minimum absolute atomic E-state index is 0.381. The van der Waals surface area contributed by atoms with Crippen molar-refractivity contribution in [2.45, 2.75) is 18.9 Å². The smallest absolute Gasteiger partial charge is 0.119 e. The van der Waals surface area contributed by atoms with Crippen LogP contribution in [-0.2, 0) is 0 Å². The topological polar surface area (TPSA) is 12.5 Å². The molecule has 2 nitrogen and oxygen atoms in total. The van der Waals surface area contributed by atoms with Crippen LogP contribution in [0.3, 0.4) is 0 Å². The molecule has 0 unspecified atom stereocenters. The predicted molar refractivity (Wildman–Crippen MR) is 98.2 cm³/mol. The molecule has 3 heterocycles. The lowest BCUT2D eigenvalue weighted by Gasteiger charge is -2.44. The van der Waals surface area contributed by atoms with Gasteiger partial charge in [-0.3, -0.25) is 4.90 Å². The molecular formula is C19H20INO. The standard InChI is InChI=1S/C19H20INO/c20-17-5-1-14(2-6-17)15-3-7-18(8-4-15)22-19-13-21-11-9-16(19)10-12-21/h1-8,16,19H,9-13H2/t19-/m1/s1. The largest absolute Gasteiger partial charge is 0.489 e. The van der Waals surface area contributed by atoms with Crippen LogP contribution in [0.15, 0.2) is 48.5 Å². The molecule has 0 aromatic heterocycles. The molecule has 0 amide bonds. The van der Waals surface area contributed by atoms with Crippen molar-refractivity contribution in [3.05, 3.63) is 52.1 Å². The fourth-order valence-electron chi connectivity index (χ4n) is 3.59. The lowest BCUT2D eigenvalue weighted by atomic mass is 9.86. The Kier molecular flexibility index (Phi) is 4.09. The van der Waals surface area contributed by atoms with E-state index < -0.39 is 0 Å². The Morgan fingerprint density at radius 1 is 0.864 bits per heavy atom. The van der Waals surface area contributed by atoms with Crippen LogP contribution in [0.25, 0.3) is 11.1 Å². The summed E-state index contributed by atoms with van der Waals surface area (Å²) in [4.78, 5) is 2.53. The third kappa shape index (κ3) is 3.01. The summed E-state index contributed by atoms with van der Waals surface area (Å²) in [6.45, 7) is 3.62. The van der Waals surface area contributed by atoms with Crippen molar-refractivity contribution in [2.75, 3.05) is 19.6 Å². The molecule has 0 aliphatic carbocycles. The number of benzene rings is 2. The molecule has 3 aliphatic heterocycles. The minimum Gasteiger partial charge on any atom is -0.489 e. The zero-order valence-electron chi connectivity index (χ0n) is 12.5. The molecule has 0 saturated carbocycles. The van der Waals surface area contributed by atoms with Gasteiger partial charge in [-0.1, -0.05) is 24.3 Å². The van der Waals surface area contributed by atoms with Crippen molar-refractivity contribution in [1.82, 2.24) is 4.90 Å². The van der Waals surface area contributed by atoms with Crippen molar-refractivity contribution in [3.8, 4) is 16.9 Å². The average molecular weight is 405 g/mol. The van der Waals surface area contributed by atoms with Crippen LogP contribution < -0.4 is 4.74 Å². The van der Waals surface area contributed by atoms with Gasteiger partial charge >= 0.3 is 0 Å². The molecule has 3 saturated heterocycles. The van der Waals surface area contributed by atoms with Gasteiger partial charge in [0, 0.05) is 10.1 Å². The van der Waals surface area contributed by atoms with E-state index >= 15 is 0 Å². The Hall–Kier alpha value is -1.07. The van der Waals surface area contributed by atoms with Crippen molar-refractivity contribution < 1.29 is 4.74 Å². The van der Waals surface area contributed by atoms with E-state index in [4.69, 9.17) is 4.74 Å². The summed E-state index contributed by atoms with van der Waals surface area (Å²) in [6.07, 6.45) is 2.98. The van der Waals surface area contributed by atoms with Gasteiger partial charge in [0.25, 0.3) is 0 Å². The quantitative estimate of drug-likeness (QED) is 0.701. The van der Waals surface area contributed by atoms with Gasteiger partial charge in [-0.15, -0.1) is 0 Å². The SMILES string of the molecule is Ic1ccc(-c2ccc(O[C@@H]3CN4CCC3CC4)cc2)cc1. The van der Waals surface area contributed by atoms with Gasteiger partial charge < -0.3 is 4.74 Å². The lowest BCUT2D eigenvalue weighted by molar-refractivity contribution is -0.00775. The summed E-state index contributed by atoms with van der Waals surface area (Å²) in [5, 5.41) is 0.